The second-order valence-electron chi connectivity index (χ2n) is 11.7. The first-order chi connectivity index (χ1) is 19.9. The minimum absolute atomic E-state index is 0.0899. The number of carbonyl (C=O) groups excluding carboxylic acids is 5. The number of hydrogen-bond acceptors (Lipinski definition) is 8. The molecule has 3 aliphatic rings. The highest BCUT2D eigenvalue weighted by Crippen LogP contribution is 2.57. The number of Topliss-reactive ketones (excluding diaryl/α,β-unsaturated/α-hetero) is 1. The van der Waals surface area contributed by atoms with Gasteiger partial charge in [-0.1, -0.05) is 50.1 Å². The minimum Gasteiger partial charge on any atom is -0.461 e. The molecular formula is C30H39N3O8S. The van der Waals surface area contributed by atoms with Crippen LogP contribution in [0.3, 0.4) is 0 Å². The van der Waals surface area contributed by atoms with Crippen LogP contribution in [0, 0.1) is 17.3 Å². The van der Waals surface area contributed by atoms with Gasteiger partial charge >= 0.3 is 5.97 Å². The molecule has 4 rings (SSSR count). The molecule has 2 fully saturated rings. The van der Waals surface area contributed by atoms with Gasteiger partial charge in [0, 0.05) is 31.4 Å². The average molecular weight is 602 g/mol. The molecule has 3 amide bonds. The van der Waals surface area contributed by atoms with Crippen molar-refractivity contribution in [1.29, 1.82) is 0 Å². The molecule has 0 bridgehead atoms. The maximum atomic E-state index is 13.8. The van der Waals surface area contributed by atoms with E-state index < -0.39 is 51.1 Å². The third-order valence-electron chi connectivity index (χ3n) is 8.25. The zero-order valence-corrected chi connectivity index (χ0v) is 24.9. The summed E-state index contributed by atoms with van der Waals surface area (Å²) >= 11 is 0. The Kier molecular flexibility index (Phi) is 9.85. The van der Waals surface area contributed by atoms with Crippen molar-refractivity contribution in [2.24, 2.45) is 17.3 Å². The first kappa shape index (κ1) is 31.4. The number of amides is 3. The molecule has 2 aliphatic heterocycles. The number of carbonyl (C=O) groups is 5. The van der Waals surface area contributed by atoms with Crippen LogP contribution in [-0.4, -0.2) is 67.2 Å². The third-order valence-corrected chi connectivity index (χ3v) is 9.39. The van der Waals surface area contributed by atoms with Crippen LogP contribution < -0.4 is 10.0 Å². The molecule has 0 aromatic heterocycles. The molecule has 0 unspecified atom stereocenters. The molecule has 2 N–H and O–H groups in total. The van der Waals surface area contributed by atoms with Gasteiger partial charge in [0.15, 0.2) is 5.78 Å². The average Bonchev–Trinajstić information content (AvgIpc) is 3.45. The molecule has 2 heterocycles. The van der Waals surface area contributed by atoms with Gasteiger partial charge in [-0.3, -0.25) is 28.7 Å². The Balaban J connectivity index is 1.53. The van der Waals surface area contributed by atoms with Gasteiger partial charge in [0.05, 0.1) is 18.0 Å². The fourth-order valence-electron chi connectivity index (χ4n) is 5.95. The highest BCUT2D eigenvalue weighted by atomic mass is 32.2. The lowest BCUT2D eigenvalue weighted by atomic mass is 9.91. The smallest absolute Gasteiger partial charge is 0.302 e. The first-order valence-corrected chi connectivity index (χ1v) is 16.1. The molecule has 1 aromatic rings. The van der Waals surface area contributed by atoms with Crippen molar-refractivity contribution in [2.45, 2.75) is 77.4 Å². The molecule has 0 spiro atoms. The summed E-state index contributed by atoms with van der Waals surface area (Å²) in [5.74, 6) is -4.41. The Morgan fingerprint density at radius 2 is 1.83 bits per heavy atom. The molecule has 228 valence electrons. The lowest BCUT2D eigenvalue weighted by molar-refractivity contribution is -0.147. The quantitative estimate of drug-likeness (QED) is 0.372. The van der Waals surface area contributed by atoms with Crippen molar-refractivity contribution >= 4 is 45.2 Å². The summed E-state index contributed by atoms with van der Waals surface area (Å²) in [7, 11) is -4.37. The summed E-state index contributed by atoms with van der Waals surface area (Å²) in [6.07, 6.45) is 7.38. The summed E-state index contributed by atoms with van der Waals surface area (Å²) in [6.45, 7) is 3.18. The Hall–Kier alpha value is -3.54. The van der Waals surface area contributed by atoms with Crippen LogP contribution in [-0.2, 0) is 38.7 Å². The van der Waals surface area contributed by atoms with Gasteiger partial charge < -0.3 is 15.0 Å². The highest BCUT2D eigenvalue weighted by molar-refractivity contribution is 7.90. The lowest BCUT2D eigenvalue weighted by Crippen LogP contribution is -2.46. The molecule has 5 atom stereocenters. The predicted octanol–water partition coefficient (Wildman–Crippen LogP) is 2.73. The number of rotatable bonds is 6. The van der Waals surface area contributed by atoms with Gasteiger partial charge in [-0.05, 0) is 43.7 Å². The molecule has 12 heteroatoms. The van der Waals surface area contributed by atoms with Gasteiger partial charge in [0.25, 0.3) is 0 Å². The monoisotopic (exact) mass is 601 g/mol. The third kappa shape index (κ3) is 7.84. The molecule has 11 nitrogen and oxygen atoms in total. The SMILES string of the molecule is CC(=O)O[C@@H]1C[C@H]2C(=O)C[C@]3(C(=O)NS(=O)(=O)CC(=O)Nc4ccccc4)C[C@H]3/C=C\CCCCC[C@H](C)C(=O)N2C1. The number of fused-ring (bicyclic) bond motifs is 2. The largest absolute Gasteiger partial charge is 0.461 e. The zero-order chi connectivity index (χ0) is 30.5. The van der Waals surface area contributed by atoms with Crippen molar-refractivity contribution in [3.63, 3.8) is 0 Å². The van der Waals surface area contributed by atoms with Crippen LogP contribution in [0.1, 0.15) is 65.2 Å². The summed E-state index contributed by atoms with van der Waals surface area (Å²) in [5, 5.41) is 2.48. The predicted molar refractivity (Wildman–Crippen MR) is 154 cm³/mol. The van der Waals surface area contributed by atoms with E-state index in [0.717, 1.165) is 25.7 Å². The van der Waals surface area contributed by atoms with E-state index in [-0.39, 0.29) is 49.3 Å². The fraction of sp³-hybridized carbons (Fsp3) is 0.567. The van der Waals surface area contributed by atoms with Gasteiger partial charge in [-0.2, -0.15) is 0 Å². The van der Waals surface area contributed by atoms with Gasteiger partial charge in [-0.25, -0.2) is 8.42 Å². The number of sulfonamides is 1. The van der Waals surface area contributed by atoms with Crippen LogP contribution in [0.2, 0.25) is 0 Å². The molecular weight excluding hydrogens is 562 g/mol. The van der Waals surface area contributed by atoms with E-state index in [1.807, 2.05) is 23.8 Å². The minimum atomic E-state index is -4.37. The second-order valence-corrected chi connectivity index (χ2v) is 13.4. The summed E-state index contributed by atoms with van der Waals surface area (Å²) in [4.78, 5) is 66.1. The number of esters is 1. The van der Waals surface area contributed by atoms with E-state index in [9.17, 15) is 32.4 Å². The normalized spacial score (nSPS) is 29.2. The van der Waals surface area contributed by atoms with Crippen LogP contribution in [0.15, 0.2) is 42.5 Å². The highest BCUT2D eigenvalue weighted by Gasteiger charge is 2.61. The number of hydrogen-bond donors (Lipinski definition) is 2. The van der Waals surface area contributed by atoms with E-state index in [0.29, 0.717) is 12.1 Å². The molecule has 42 heavy (non-hydrogen) atoms. The Labute approximate surface area is 246 Å². The maximum absolute atomic E-state index is 13.8. The van der Waals surface area contributed by atoms with Gasteiger partial charge in [0.2, 0.25) is 27.7 Å². The van der Waals surface area contributed by atoms with Gasteiger partial charge in [0.1, 0.15) is 11.9 Å². The number of allylic oxidation sites excluding steroid dienone is 2. The standard InChI is InChI=1S/C30H39N3O8S/c1-20-11-7-4-3-5-8-12-22-16-30(22,17-26(35)25-15-24(41-21(2)34)18-33(25)28(20)37)29(38)32-42(39,40)19-27(36)31-23-13-9-6-10-14-23/h6,8-10,12-14,20,22,24-25H,3-5,7,11,15-19H2,1-2H3,(H,31,36)(H,32,38)/b12-8-/t20-,22+,24+,25-,30+/m0/s1. The maximum Gasteiger partial charge on any atom is 0.302 e. The number of nitrogens with one attached hydrogen (secondary N) is 2. The van der Waals surface area contributed by atoms with Crippen LogP contribution in [0.5, 0.6) is 0 Å². The molecule has 1 aromatic carbocycles. The summed E-state index contributed by atoms with van der Waals surface area (Å²) < 4.78 is 33.1. The van der Waals surface area contributed by atoms with Crippen molar-refractivity contribution in [3.05, 3.63) is 42.5 Å². The van der Waals surface area contributed by atoms with Crippen molar-refractivity contribution < 1.29 is 37.1 Å². The number of para-hydroxylation sites is 1. The van der Waals surface area contributed by atoms with E-state index in [2.05, 4.69) is 5.32 Å². The summed E-state index contributed by atoms with van der Waals surface area (Å²) in [6, 6.07) is 7.44. The Morgan fingerprint density at radius 3 is 2.55 bits per heavy atom. The van der Waals surface area contributed by atoms with Crippen molar-refractivity contribution in [2.75, 3.05) is 17.6 Å². The fourth-order valence-corrected chi connectivity index (χ4v) is 6.93. The molecule has 1 aliphatic carbocycles. The summed E-state index contributed by atoms with van der Waals surface area (Å²) in [5.41, 5.74) is -0.907. The first-order valence-electron chi connectivity index (χ1n) is 14.5. The van der Waals surface area contributed by atoms with Crippen molar-refractivity contribution in [3.8, 4) is 0 Å². The Morgan fingerprint density at radius 1 is 1.10 bits per heavy atom. The number of ether oxygens (including phenoxy) is 1. The molecule has 0 radical (unpaired) electrons. The van der Waals surface area contributed by atoms with E-state index in [1.165, 1.54) is 11.8 Å². The molecule has 1 saturated carbocycles. The van der Waals surface area contributed by atoms with E-state index in [1.54, 1.807) is 30.3 Å². The van der Waals surface area contributed by atoms with Crippen LogP contribution in [0.4, 0.5) is 5.69 Å². The van der Waals surface area contributed by atoms with Crippen LogP contribution in [0.25, 0.3) is 0 Å². The Bertz CT molecular complexity index is 1350. The zero-order valence-electron chi connectivity index (χ0n) is 24.0. The van der Waals surface area contributed by atoms with Gasteiger partial charge in [-0.15, -0.1) is 0 Å². The van der Waals surface area contributed by atoms with Crippen LogP contribution >= 0.6 is 0 Å². The number of anilines is 1. The van der Waals surface area contributed by atoms with Crippen molar-refractivity contribution in [1.82, 2.24) is 9.62 Å². The topological polar surface area (TPSA) is 156 Å². The number of benzene rings is 1. The van der Waals surface area contributed by atoms with E-state index >= 15 is 0 Å². The van der Waals surface area contributed by atoms with E-state index in [4.69, 9.17) is 4.74 Å². The second kappa shape index (κ2) is 13.2. The molecule has 1 saturated heterocycles. The number of nitrogens with zero attached hydrogens (tertiary/aromatic N) is 1. The number of ketones is 1. The lowest BCUT2D eigenvalue weighted by Gasteiger charge is -2.27.